The summed E-state index contributed by atoms with van der Waals surface area (Å²) in [5, 5.41) is 54.8. The molecule has 6 N–H and O–H groups in total. The number of carbonyl (C=O) groups excluding carboxylic acids is 1. The molecule has 0 aromatic heterocycles. The SMILES string of the molecule is CC/C=C\C/C=C\C/C=C\C/C=C\CCCCCCCCCCCCCCCCCCCCCCCCC(=O)NC(COC1OC(CO)C(O)C(O)C1O)C(O)/C=C/CC/C=C/CC/C=C/CCCCCCCCCCCCCCCCCCCCCCC. The highest BCUT2D eigenvalue weighted by molar-refractivity contribution is 5.76. The van der Waals surface area contributed by atoms with Crippen molar-refractivity contribution in [1.29, 1.82) is 0 Å². The lowest BCUT2D eigenvalue weighted by Gasteiger charge is -2.40. The van der Waals surface area contributed by atoms with E-state index in [4.69, 9.17) is 9.47 Å². The minimum atomic E-state index is -1.58. The summed E-state index contributed by atoms with van der Waals surface area (Å²) in [6, 6.07) is -0.832. The van der Waals surface area contributed by atoms with E-state index >= 15 is 0 Å². The first-order valence-electron chi connectivity index (χ1n) is 38.3. The first-order chi connectivity index (χ1) is 43.8. The Hall–Kier alpha value is -2.63. The highest BCUT2D eigenvalue weighted by Gasteiger charge is 2.44. The van der Waals surface area contributed by atoms with Crippen LogP contribution in [-0.2, 0) is 14.3 Å². The molecule has 7 atom stereocenters. The Morgan fingerprint density at radius 1 is 0.393 bits per heavy atom. The summed E-state index contributed by atoms with van der Waals surface area (Å²) in [4.78, 5) is 13.2. The van der Waals surface area contributed by atoms with Gasteiger partial charge in [0.15, 0.2) is 6.29 Å². The molecule has 1 saturated heterocycles. The number of hydrogen-bond donors (Lipinski definition) is 6. The Bertz CT molecular complexity index is 1690. The lowest BCUT2D eigenvalue weighted by Crippen LogP contribution is -2.60. The van der Waals surface area contributed by atoms with E-state index in [9.17, 15) is 30.3 Å². The quantitative estimate of drug-likeness (QED) is 0.0261. The number of ether oxygens (including phenoxy) is 2. The van der Waals surface area contributed by atoms with Crippen molar-refractivity contribution in [2.75, 3.05) is 13.2 Å². The molecule has 1 aliphatic rings. The predicted octanol–water partition coefficient (Wildman–Crippen LogP) is 21.6. The van der Waals surface area contributed by atoms with Crippen molar-refractivity contribution in [3.63, 3.8) is 0 Å². The summed E-state index contributed by atoms with van der Waals surface area (Å²) in [6.07, 6.45) is 91.5. The Labute approximate surface area is 550 Å². The van der Waals surface area contributed by atoms with Crippen LogP contribution in [-0.4, -0.2) is 87.5 Å². The highest BCUT2D eigenvalue weighted by Crippen LogP contribution is 2.23. The molecule has 1 amide bonds. The van der Waals surface area contributed by atoms with Crippen LogP contribution in [0.4, 0.5) is 0 Å². The molecule has 0 spiro atoms. The zero-order valence-electron chi connectivity index (χ0n) is 58.2. The second kappa shape index (κ2) is 68.2. The molecule has 9 heteroatoms. The number of aliphatic hydroxyl groups excluding tert-OH is 5. The van der Waals surface area contributed by atoms with Crippen LogP contribution in [0.5, 0.6) is 0 Å². The van der Waals surface area contributed by atoms with E-state index in [1.807, 2.05) is 6.08 Å². The Balaban J connectivity index is 2.11. The number of nitrogens with one attached hydrogen (secondary N) is 1. The predicted molar refractivity (Wildman–Crippen MR) is 382 cm³/mol. The van der Waals surface area contributed by atoms with Crippen molar-refractivity contribution in [2.45, 2.75) is 403 Å². The summed E-state index contributed by atoms with van der Waals surface area (Å²) >= 11 is 0. The van der Waals surface area contributed by atoms with Gasteiger partial charge in [-0.3, -0.25) is 4.79 Å². The van der Waals surface area contributed by atoms with Gasteiger partial charge in [-0.25, -0.2) is 0 Å². The maximum absolute atomic E-state index is 13.2. The number of carbonyl (C=O) groups is 1. The number of hydrogen-bond acceptors (Lipinski definition) is 8. The molecule has 0 bridgehead atoms. The molecule has 1 heterocycles. The van der Waals surface area contributed by atoms with Gasteiger partial charge in [-0.05, 0) is 83.5 Å². The van der Waals surface area contributed by atoms with E-state index < -0.39 is 49.5 Å². The Kier molecular flexibility index (Phi) is 64.7. The van der Waals surface area contributed by atoms with E-state index in [-0.39, 0.29) is 12.5 Å². The van der Waals surface area contributed by atoms with Gasteiger partial charge < -0.3 is 40.3 Å². The third-order valence-corrected chi connectivity index (χ3v) is 17.9. The number of unbranched alkanes of at least 4 members (excludes halogenated alkanes) is 45. The van der Waals surface area contributed by atoms with Crippen LogP contribution in [0.2, 0.25) is 0 Å². The van der Waals surface area contributed by atoms with Crippen LogP contribution >= 0.6 is 0 Å². The molecule has 9 nitrogen and oxygen atoms in total. The molecule has 89 heavy (non-hydrogen) atoms. The van der Waals surface area contributed by atoms with Crippen LogP contribution in [0, 0.1) is 0 Å². The van der Waals surface area contributed by atoms with E-state index in [0.29, 0.717) is 6.42 Å². The van der Waals surface area contributed by atoms with Crippen LogP contribution in [0.15, 0.2) is 85.1 Å². The first-order valence-corrected chi connectivity index (χ1v) is 38.3. The van der Waals surface area contributed by atoms with E-state index in [2.05, 4.69) is 92.1 Å². The number of aliphatic hydroxyl groups is 5. The topological polar surface area (TPSA) is 149 Å². The number of rotatable bonds is 67. The third-order valence-electron chi connectivity index (χ3n) is 17.9. The van der Waals surface area contributed by atoms with E-state index in [0.717, 1.165) is 70.6 Å². The molecule has 7 unspecified atom stereocenters. The second-order valence-electron chi connectivity index (χ2n) is 26.4. The molecule has 0 aliphatic carbocycles. The van der Waals surface area contributed by atoms with Crippen LogP contribution in [0.25, 0.3) is 0 Å². The van der Waals surface area contributed by atoms with Gasteiger partial charge in [0.05, 0.1) is 25.4 Å². The number of amides is 1. The fourth-order valence-corrected chi connectivity index (χ4v) is 12.0. The zero-order valence-corrected chi connectivity index (χ0v) is 58.2. The lowest BCUT2D eigenvalue weighted by molar-refractivity contribution is -0.302. The van der Waals surface area contributed by atoms with Gasteiger partial charge in [0, 0.05) is 6.42 Å². The van der Waals surface area contributed by atoms with Gasteiger partial charge in [0.25, 0.3) is 0 Å². The van der Waals surface area contributed by atoms with Crippen molar-refractivity contribution >= 4 is 5.91 Å². The monoisotopic (exact) mass is 1250 g/mol. The fourth-order valence-electron chi connectivity index (χ4n) is 12.0. The fraction of sp³-hybridized carbons (Fsp3) is 0.812. The number of allylic oxidation sites excluding steroid dienone is 13. The Morgan fingerprint density at radius 3 is 1.08 bits per heavy atom. The normalized spacial score (nSPS) is 18.3. The molecular formula is C80H145NO8. The molecule has 1 rings (SSSR count). The summed E-state index contributed by atoms with van der Waals surface area (Å²) < 4.78 is 11.3. The van der Waals surface area contributed by atoms with Gasteiger partial charge in [-0.15, -0.1) is 0 Å². The molecule has 1 fully saturated rings. The van der Waals surface area contributed by atoms with Crippen molar-refractivity contribution < 1.29 is 39.8 Å². The van der Waals surface area contributed by atoms with Crippen LogP contribution in [0.1, 0.15) is 361 Å². The van der Waals surface area contributed by atoms with E-state index in [1.54, 1.807) is 6.08 Å². The minimum absolute atomic E-state index is 0.186. The summed E-state index contributed by atoms with van der Waals surface area (Å²) in [5.41, 5.74) is 0. The van der Waals surface area contributed by atoms with Crippen molar-refractivity contribution in [2.24, 2.45) is 0 Å². The molecular weight excluding hydrogens is 1100 g/mol. The standard InChI is InChI=1S/C80H145NO8/c1-3-5-7-9-11-13-15-17-19-21-23-25-27-29-31-33-35-36-37-38-40-42-44-46-48-50-52-54-56-58-60-62-64-66-68-70-76(84)81-73(72-88-80-79(87)78(86)77(85)75(71-82)89-80)74(83)69-67-65-63-61-59-57-55-53-51-49-47-45-43-41-39-34-32-30-28-26-24-22-20-18-16-14-12-10-8-6-4-2/h5,7,11,13,17,19,23,25,51,53,59,61,67,69,73-75,77-80,82-83,85-87H,3-4,6,8-10,12,14-16,18,20-22,24,26-50,52,54-58,60,62-66,68,70-72H2,1-2H3,(H,81,84)/b7-5-,13-11-,19-17-,25-23-,53-51+,61-59+,69-67+. The van der Waals surface area contributed by atoms with Gasteiger partial charge in [-0.1, -0.05) is 356 Å². The maximum Gasteiger partial charge on any atom is 0.220 e. The molecule has 518 valence electrons. The van der Waals surface area contributed by atoms with E-state index in [1.165, 1.54) is 270 Å². The molecule has 0 radical (unpaired) electrons. The average Bonchev–Trinajstić information content (AvgIpc) is 2.28. The summed E-state index contributed by atoms with van der Waals surface area (Å²) in [6.45, 7) is 3.69. The summed E-state index contributed by atoms with van der Waals surface area (Å²) in [5.74, 6) is -0.186. The highest BCUT2D eigenvalue weighted by atomic mass is 16.7. The average molecular weight is 1250 g/mol. The second-order valence-corrected chi connectivity index (χ2v) is 26.4. The molecule has 0 saturated carbocycles. The van der Waals surface area contributed by atoms with Gasteiger partial charge in [-0.2, -0.15) is 0 Å². The van der Waals surface area contributed by atoms with Crippen LogP contribution in [0.3, 0.4) is 0 Å². The van der Waals surface area contributed by atoms with Crippen molar-refractivity contribution in [1.82, 2.24) is 5.32 Å². The smallest absolute Gasteiger partial charge is 0.220 e. The maximum atomic E-state index is 13.2. The van der Waals surface area contributed by atoms with Crippen LogP contribution < -0.4 is 5.32 Å². The lowest BCUT2D eigenvalue weighted by atomic mass is 9.99. The minimum Gasteiger partial charge on any atom is -0.394 e. The first kappa shape index (κ1) is 84.4. The molecule has 0 aromatic rings. The third kappa shape index (κ3) is 56.6. The Morgan fingerprint density at radius 2 is 0.708 bits per heavy atom. The van der Waals surface area contributed by atoms with Crippen molar-refractivity contribution in [3.8, 4) is 0 Å². The van der Waals surface area contributed by atoms with Gasteiger partial charge >= 0.3 is 0 Å². The molecule has 0 aromatic carbocycles. The van der Waals surface area contributed by atoms with Crippen molar-refractivity contribution in [3.05, 3.63) is 85.1 Å². The molecule has 1 aliphatic heterocycles. The zero-order chi connectivity index (χ0) is 64.2. The van der Waals surface area contributed by atoms with Gasteiger partial charge in [0.2, 0.25) is 5.91 Å². The summed E-state index contributed by atoms with van der Waals surface area (Å²) in [7, 11) is 0. The van der Waals surface area contributed by atoms with Gasteiger partial charge in [0.1, 0.15) is 24.4 Å². The largest absolute Gasteiger partial charge is 0.394 e.